The van der Waals surface area contributed by atoms with E-state index >= 15 is 0 Å². The van der Waals surface area contributed by atoms with Gasteiger partial charge in [0, 0.05) is 18.2 Å². The molecule has 6 heteroatoms. The number of hydrogen-bond donors (Lipinski definition) is 1. The van der Waals surface area contributed by atoms with Crippen molar-refractivity contribution in [3.05, 3.63) is 57.3 Å². The minimum atomic E-state index is -0.387. The van der Waals surface area contributed by atoms with Crippen LogP contribution in [0.2, 0.25) is 10.0 Å². The van der Waals surface area contributed by atoms with Crippen molar-refractivity contribution in [3.8, 4) is 11.5 Å². The Kier molecular flexibility index (Phi) is 7.36. The predicted molar refractivity (Wildman–Crippen MR) is 100 cm³/mol. The summed E-state index contributed by atoms with van der Waals surface area (Å²) in [6.45, 7) is 5.11. The fraction of sp³-hybridized carbons (Fsp3) is 0.368. The second-order valence-electron chi connectivity index (χ2n) is 5.82. The quantitative estimate of drug-likeness (QED) is 0.640. The third kappa shape index (κ3) is 5.50. The maximum Gasteiger partial charge on any atom is 0.180 e. The van der Waals surface area contributed by atoms with Gasteiger partial charge < -0.3 is 14.8 Å². The van der Waals surface area contributed by atoms with Crippen molar-refractivity contribution in [3.63, 3.8) is 0 Å². The number of nitrogens with one attached hydrogen (secondary N) is 1. The summed E-state index contributed by atoms with van der Waals surface area (Å²) in [5, 5.41) is 4.18. The van der Waals surface area contributed by atoms with Gasteiger partial charge in [-0.05, 0) is 43.2 Å². The van der Waals surface area contributed by atoms with Crippen molar-refractivity contribution in [1.29, 1.82) is 0 Å². The van der Waals surface area contributed by atoms with Crippen LogP contribution in [0.25, 0.3) is 0 Å². The molecule has 0 aliphatic carbocycles. The van der Waals surface area contributed by atoms with E-state index in [1.807, 2.05) is 12.1 Å². The summed E-state index contributed by atoms with van der Waals surface area (Å²) in [6.07, 6.45) is 1.05. The van der Waals surface area contributed by atoms with Crippen LogP contribution in [0.15, 0.2) is 30.3 Å². The van der Waals surface area contributed by atoms with Crippen LogP contribution in [0.4, 0.5) is 4.39 Å². The smallest absolute Gasteiger partial charge is 0.180 e. The molecule has 1 atom stereocenters. The lowest BCUT2D eigenvalue weighted by atomic mass is 10.1. The summed E-state index contributed by atoms with van der Waals surface area (Å²) in [7, 11) is 1.56. The molecule has 0 amide bonds. The van der Waals surface area contributed by atoms with Crippen LogP contribution in [0.1, 0.15) is 31.4 Å². The second-order valence-corrected chi connectivity index (χ2v) is 6.64. The van der Waals surface area contributed by atoms with E-state index in [0.717, 1.165) is 12.0 Å². The third-order valence-electron chi connectivity index (χ3n) is 3.94. The zero-order valence-electron chi connectivity index (χ0n) is 14.5. The third-order valence-corrected chi connectivity index (χ3v) is 4.58. The molecule has 2 aromatic rings. The van der Waals surface area contributed by atoms with Crippen molar-refractivity contribution in [2.45, 2.75) is 39.5 Å². The van der Waals surface area contributed by atoms with Gasteiger partial charge in [0.25, 0.3) is 0 Å². The molecule has 2 rings (SSSR count). The fourth-order valence-corrected chi connectivity index (χ4v) is 2.75. The Balaban J connectivity index is 2.14. The Morgan fingerprint density at radius 2 is 1.92 bits per heavy atom. The molecule has 0 spiro atoms. The lowest BCUT2D eigenvalue weighted by molar-refractivity contribution is 0.284. The van der Waals surface area contributed by atoms with Gasteiger partial charge in [-0.2, -0.15) is 0 Å². The summed E-state index contributed by atoms with van der Waals surface area (Å²) in [5.74, 6) is 0.603. The van der Waals surface area contributed by atoms with Gasteiger partial charge in [-0.15, -0.1) is 0 Å². The van der Waals surface area contributed by atoms with Crippen LogP contribution >= 0.6 is 23.2 Å². The van der Waals surface area contributed by atoms with Gasteiger partial charge in [-0.1, -0.05) is 36.2 Å². The molecule has 0 saturated carbocycles. The molecule has 0 unspecified atom stereocenters. The SMILES string of the molecule is CC[C@@H](C)NCc1cc(Cl)c(OCc2ccc(F)cc2Cl)c(OC)c1. The van der Waals surface area contributed by atoms with Crippen molar-refractivity contribution in [2.24, 2.45) is 0 Å². The Morgan fingerprint density at radius 1 is 1.16 bits per heavy atom. The van der Waals surface area contributed by atoms with Crippen LogP contribution in [-0.4, -0.2) is 13.2 Å². The molecule has 2 aromatic carbocycles. The zero-order chi connectivity index (χ0) is 18.4. The number of hydrogen-bond acceptors (Lipinski definition) is 3. The highest BCUT2D eigenvalue weighted by molar-refractivity contribution is 6.32. The molecule has 0 radical (unpaired) electrons. The molecule has 0 aromatic heterocycles. The number of ether oxygens (including phenoxy) is 2. The minimum Gasteiger partial charge on any atom is -0.493 e. The first-order valence-corrected chi connectivity index (χ1v) is 8.86. The lowest BCUT2D eigenvalue weighted by Gasteiger charge is -2.16. The summed E-state index contributed by atoms with van der Waals surface area (Å²) in [6, 6.07) is 8.34. The molecular weight excluding hydrogens is 364 g/mol. The summed E-state index contributed by atoms with van der Waals surface area (Å²) >= 11 is 12.4. The summed E-state index contributed by atoms with van der Waals surface area (Å²) in [4.78, 5) is 0. The van der Waals surface area contributed by atoms with Crippen molar-refractivity contribution in [2.75, 3.05) is 7.11 Å². The van der Waals surface area contributed by atoms with E-state index < -0.39 is 0 Å². The first kappa shape index (κ1) is 19.8. The molecule has 25 heavy (non-hydrogen) atoms. The number of methoxy groups -OCH3 is 1. The van der Waals surface area contributed by atoms with Crippen molar-refractivity contribution in [1.82, 2.24) is 5.32 Å². The Hall–Kier alpha value is -1.49. The first-order valence-electron chi connectivity index (χ1n) is 8.11. The highest BCUT2D eigenvalue weighted by Gasteiger charge is 2.14. The number of halogens is 3. The standard InChI is InChI=1S/C19H22Cl2FNO2/c1-4-12(2)23-10-13-7-17(21)19(18(8-13)24-3)25-11-14-5-6-15(22)9-16(14)20/h5-9,12,23H,4,10-11H2,1-3H3/t12-/m1/s1. The molecular formula is C19H22Cl2FNO2. The number of benzene rings is 2. The number of rotatable bonds is 8. The van der Waals surface area contributed by atoms with Gasteiger partial charge in [0.15, 0.2) is 11.5 Å². The molecule has 0 bridgehead atoms. The maximum absolute atomic E-state index is 13.1. The van der Waals surface area contributed by atoms with Crippen molar-refractivity contribution >= 4 is 23.2 Å². The molecule has 3 nitrogen and oxygen atoms in total. The molecule has 136 valence electrons. The van der Waals surface area contributed by atoms with E-state index in [-0.39, 0.29) is 12.4 Å². The van der Waals surface area contributed by atoms with E-state index in [9.17, 15) is 4.39 Å². The summed E-state index contributed by atoms with van der Waals surface area (Å²) in [5.41, 5.74) is 1.68. The molecule has 0 fully saturated rings. The molecule has 0 aliphatic heterocycles. The van der Waals surface area contributed by atoms with Gasteiger partial charge in [0.1, 0.15) is 12.4 Å². The van der Waals surface area contributed by atoms with E-state index in [0.29, 0.717) is 39.7 Å². The predicted octanol–water partition coefficient (Wildman–Crippen LogP) is 5.61. The minimum absolute atomic E-state index is 0.166. The highest BCUT2D eigenvalue weighted by atomic mass is 35.5. The average Bonchev–Trinajstić information content (AvgIpc) is 2.59. The Labute approximate surface area is 158 Å². The van der Waals surface area contributed by atoms with Crippen LogP contribution in [0.3, 0.4) is 0 Å². The van der Waals surface area contributed by atoms with E-state index in [4.69, 9.17) is 32.7 Å². The van der Waals surface area contributed by atoms with Crippen LogP contribution in [0.5, 0.6) is 11.5 Å². The van der Waals surface area contributed by atoms with Crippen LogP contribution in [-0.2, 0) is 13.2 Å². The van der Waals surface area contributed by atoms with Gasteiger partial charge in [-0.25, -0.2) is 4.39 Å². The second kappa shape index (κ2) is 9.27. The Morgan fingerprint density at radius 3 is 2.56 bits per heavy atom. The van der Waals surface area contributed by atoms with Crippen molar-refractivity contribution < 1.29 is 13.9 Å². The maximum atomic E-state index is 13.1. The van der Waals surface area contributed by atoms with Gasteiger partial charge >= 0.3 is 0 Å². The van der Waals surface area contributed by atoms with Gasteiger partial charge in [-0.3, -0.25) is 0 Å². The Bertz CT molecular complexity index is 725. The summed E-state index contributed by atoms with van der Waals surface area (Å²) < 4.78 is 24.3. The normalized spacial score (nSPS) is 12.1. The fourth-order valence-electron chi connectivity index (χ4n) is 2.24. The average molecular weight is 386 g/mol. The molecule has 1 N–H and O–H groups in total. The highest BCUT2D eigenvalue weighted by Crippen LogP contribution is 2.37. The van der Waals surface area contributed by atoms with E-state index in [2.05, 4.69) is 19.2 Å². The van der Waals surface area contributed by atoms with Crippen LogP contribution in [0, 0.1) is 5.82 Å². The van der Waals surface area contributed by atoms with Crippen LogP contribution < -0.4 is 14.8 Å². The monoisotopic (exact) mass is 385 g/mol. The topological polar surface area (TPSA) is 30.5 Å². The molecule has 0 heterocycles. The molecule has 0 aliphatic rings. The molecule has 0 saturated heterocycles. The van der Waals surface area contributed by atoms with E-state index in [1.165, 1.54) is 12.1 Å². The van der Waals surface area contributed by atoms with Gasteiger partial charge in [0.05, 0.1) is 17.2 Å². The van der Waals surface area contributed by atoms with E-state index in [1.54, 1.807) is 13.2 Å². The lowest BCUT2D eigenvalue weighted by Crippen LogP contribution is -2.24. The zero-order valence-corrected chi connectivity index (χ0v) is 16.0. The first-order chi connectivity index (χ1) is 11.9. The van der Waals surface area contributed by atoms with Gasteiger partial charge in [0.2, 0.25) is 0 Å². The largest absolute Gasteiger partial charge is 0.493 e.